The number of benzene rings is 2. The molecule has 0 saturated heterocycles. The van der Waals surface area contributed by atoms with Crippen LogP contribution in [0.3, 0.4) is 0 Å². The molecule has 0 radical (unpaired) electrons. The Hall–Kier alpha value is -4.09. The van der Waals surface area contributed by atoms with Crippen LogP contribution in [0.5, 0.6) is 0 Å². The maximum Gasteiger partial charge on any atom is 0.416 e. The first-order chi connectivity index (χ1) is 20.8. The van der Waals surface area contributed by atoms with Crippen LogP contribution >= 0.6 is 0 Å². The number of halogens is 3. The van der Waals surface area contributed by atoms with E-state index < -0.39 is 34.7 Å². The quantitative estimate of drug-likeness (QED) is 0.299. The zero-order valence-corrected chi connectivity index (χ0v) is 25.3. The van der Waals surface area contributed by atoms with Crippen LogP contribution < -0.4 is 10.2 Å². The number of carbonyl (C=O) groups is 2. The molecule has 2 saturated carbocycles. The van der Waals surface area contributed by atoms with Gasteiger partial charge in [0, 0.05) is 42.6 Å². The number of aryl methyl sites for hydroxylation is 1. The fraction of sp³-hybridized carbons (Fsp3) is 0.500. The van der Waals surface area contributed by atoms with Crippen LogP contribution in [0, 0.1) is 5.92 Å². The van der Waals surface area contributed by atoms with E-state index in [0.717, 1.165) is 42.4 Å². The van der Waals surface area contributed by atoms with Gasteiger partial charge in [-0.1, -0.05) is 6.92 Å². The number of alkyl halides is 3. The number of nitrogens with zero attached hydrogens (tertiary/aromatic N) is 5. The minimum absolute atomic E-state index is 0.0467. The third kappa shape index (κ3) is 4.88. The van der Waals surface area contributed by atoms with Crippen molar-refractivity contribution in [2.24, 2.45) is 13.0 Å². The number of rotatable bonds is 8. The summed E-state index contributed by atoms with van der Waals surface area (Å²) in [5, 5.41) is 21.7. The van der Waals surface area contributed by atoms with Crippen molar-refractivity contribution in [1.29, 1.82) is 0 Å². The molecule has 2 fully saturated rings. The third-order valence-electron chi connectivity index (χ3n) is 9.76. The molecule has 44 heavy (non-hydrogen) atoms. The molecule has 0 atom stereocenters. The predicted molar refractivity (Wildman–Crippen MR) is 159 cm³/mol. The van der Waals surface area contributed by atoms with E-state index in [4.69, 9.17) is 0 Å². The summed E-state index contributed by atoms with van der Waals surface area (Å²) in [6.07, 6.45) is -0.473. The number of aromatic nitrogens is 3. The van der Waals surface area contributed by atoms with Gasteiger partial charge in [0.15, 0.2) is 0 Å². The summed E-state index contributed by atoms with van der Waals surface area (Å²) >= 11 is 0. The lowest BCUT2D eigenvalue weighted by atomic mass is 9.58. The van der Waals surface area contributed by atoms with E-state index in [-0.39, 0.29) is 29.8 Å². The molecule has 9 nitrogen and oxygen atoms in total. The number of carbonyl (C=O) groups excluding carboxylic acids is 1. The van der Waals surface area contributed by atoms with Crippen molar-refractivity contribution in [2.45, 2.75) is 83.1 Å². The fourth-order valence-electron chi connectivity index (χ4n) is 7.39. The Balaban J connectivity index is 1.41. The molecule has 3 aliphatic rings. The Morgan fingerprint density at radius 3 is 2.45 bits per heavy atom. The molecule has 0 spiro atoms. The first-order valence-electron chi connectivity index (χ1n) is 15.0. The standard InChI is InChI=1S/C32H37F3N6O3/c1-5-36-22-11-21(31(14-19(2)15-31)28-38-37-18-39(28)4)12-23(13-22)40-17-25-24(27(40)42)9-20(10-26(25)32(33,34)35)16-41(29(43)44)30(3)7-6-8-30/h9-13,18-19,36H,5-8,14-17H2,1-4H3,(H,43,44). The number of anilines is 2. The molecule has 2 N–H and O–H groups in total. The van der Waals surface area contributed by atoms with E-state index in [1.807, 2.05) is 30.7 Å². The molecule has 1 aromatic heterocycles. The van der Waals surface area contributed by atoms with E-state index >= 15 is 0 Å². The number of carboxylic acid groups (broad SMARTS) is 1. The maximum absolute atomic E-state index is 14.5. The van der Waals surface area contributed by atoms with Crippen LogP contribution in [0.4, 0.5) is 29.3 Å². The fourth-order valence-corrected chi connectivity index (χ4v) is 7.39. The zero-order chi connectivity index (χ0) is 31.6. The second-order valence-electron chi connectivity index (χ2n) is 12.9. The van der Waals surface area contributed by atoms with Crippen LogP contribution in [0.2, 0.25) is 0 Å². The van der Waals surface area contributed by atoms with Gasteiger partial charge in [0.05, 0.1) is 17.5 Å². The highest BCUT2D eigenvalue weighted by Gasteiger charge is 2.49. The monoisotopic (exact) mass is 610 g/mol. The SMILES string of the molecule is CCNc1cc(N2Cc3c(cc(CN(C(=O)O)C4(C)CCC4)cc3C(F)(F)F)C2=O)cc(C2(c3nncn3C)CC(C)C2)c1. The van der Waals surface area contributed by atoms with Gasteiger partial charge in [0.1, 0.15) is 12.2 Å². The van der Waals surface area contributed by atoms with Crippen LogP contribution in [-0.2, 0) is 31.7 Å². The lowest BCUT2D eigenvalue weighted by molar-refractivity contribution is -0.138. The molecule has 0 unspecified atom stereocenters. The maximum atomic E-state index is 14.5. The second-order valence-corrected chi connectivity index (χ2v) is 12.9. The van der Waals surface area contributed by atoms with Gasteiger partial charge in [-0.05, 0) is 98.9 Å². The molecule has 1 aliphatic heterocycles. The molecule has 2 aliphatic carbocycles. The summed E-state index contributed by atoms with van der Waals surface area (Å²) in [5.74, 6) is 0.702. The largest absolute Gasteiger partial charge is 0.465 e. The Labute approximate surface area is 254 Å². The molecule has 2 heterocycles. The van der Waals surface area contributed by atoms with Crippen molar-refractivity contribution in [1.82, 2.24) is 19.7 Å². The van der Waals surface area contributed by atoms with Gasteiger partial charge in [0.25, 0.3) is 5.91 Å². The molecule has 2 amide bonds. The van der Waals surface area contributed by atoms with Gasteiger partial charge in [-0.25, -0.2) is 4.79 Å². The number of hydrogen-bond donors (Lipinski definition) is 2. The first kappa shape index (κ1) is 30.0. The van der Waals surface area contributed by atoms with Crippen LogP contribution in [0.15, 0.2) is 36.7 Å². The second kappa shape index (κ2) is 10.5. The van der Waals surface area contributed by atoms with Crippen molar-refractivity contribution in [3.8, 4) is 0 Å². The van der Waals surface area contributed by atoms with Gasteiger partial charge in [-0.15, -0.1) is 10.2 Å². The Morgan fingerprint density at radius 1 is 1.18 bits per heavy atom. The molecule has 0 bridgehead atoms. The topological polar surface area (TPSA) is 104 Å². The molecule has 6 rings (SSSR count). The van der Waals surface area contributed by atoms with Crippen molar-refractivity contribution < 1.29 is 27.9 Å². The van der Waals surface area contributed by atoms with Gasteiger partial charge in [-0.2, -0.15) is 13.2 Å². The van der Waals surface area contributed by atoms with Crippen molar-refractivity contribution in [2.75, 3.05) is 16.8 Å². The predicted octanol–water partition coefficient (Wildman–Crippen LogP) is 6.56. The molecule has 3 aromatic rings. The minimum Gasteiger partial charge on any atom is -0.465 e. The average molecular weight is 611 g/mol. The normalized spacial score (nSPS) is 22.3. The molecular formula is C32H37F3N6O3. The Morgan fingerprint density at radius 2 is 1.91 bits per heavy atom. The highest BCUT2D eigenvalue weighted by atomic mass is 19.4. The van der Waals surface area contributed by atoms with Crippen LogP contribution in [0.1, 0.15) is 91.3 Å². The highest BCUT2D eigenvalue weighted by Crippen LogP contribution is 2.53. The number of hydrogen-bond acceptors (Lipinski definition) is 5. The van der Waals surface area contributed by atoms with Crippen molar-refractivity contribution in [3.05, 3.63) is 70.3 Å². The smallest absolute Gasteiger partial charge is 0.416 e. The van der Waals surface area contributed by atoms with E-state index in [9.17, 15) is 27.9 Å². The lowest BCUT2D eigenvalue weighted by Gasteiger charge is -2.46. The van der Waals surface area contributed by atoms with Crippen LogP contribution in [0.25, 0.3) is 0 Å². The third-order valence-corrected chi connectivity index (χ3v) is 9.76. The van der Waals surface area contributed by atoms with Gasteiger partial charge in [-0.3, -0.25) is 9.69 Å². The van der Waals surface area contributed by atoms with E-state index in [0.29, 0.717) is 31.0 Å². The lowest BCUT2D eigenvalue weighted by Crippen LogP contribution is -2.53. The molecular weight excluding hydrogens is 573 g/mol. The van der Waals surface area contributed by atoms with Gasteiger partial charge >= 0.3 is 12.3 Å². The average Bonchev–Trinajstić information content (AvgIpc) is 3.50. The van der Waals surface area contributed by atoms with Crippen molar-refractivity contribution in [3.63, 3.8) is 0 Å². The van der Waals surface area contributed by atoms with E-state index in [1.165, 1.54) is 15.9 Å². The van der Waals surface area contributed by atoms with E-state index in [2.05, 4.69) is 22.4 Å². The molecule has 12 heteroatoms. The summed E-state index contributed by atoms with van der Waals surface area (Å²) in [4.78, 5) is 28.7. The van der Waals surface area contributed by atoms with E-state index in [1.54, 1.807) is 19.3 Å². The number of fused-ring (bicyclic) bond motifs is 1. The summed E-state index contributed by atoms with van der Waals surface area (Å²) in [7, 11) is 1.89. The Bertz CT molecular complexity index is 1620. The van der Waals surface area contributed by atoms with Gasteiger partial charge in [0.2, 0.25) is 0 Å². The minimum atomic E-state index is -4.72. The number of amides is 2. The Kier molecular flexibility index (Phi) is 7.16. The van der Waals surface area contributed by atoms with Gasteiger partial charge < -0.3 is 19.9 Å². The van der Waals surface area contributed by atoms with Crippen molar-refractivity contribution >= 4 is 23.4 Å². The summed E-state index contributed by atoms with van der Waals surface area (Å²) in [5.41, 5.74) is 0.185. The number of nitrogens with one attached hydrogen (secondary N) is 1. The molecule has 2 aromatic carbocycles. The summed E-state index contributed by atoms with van der Waals surface area (Å²) in [6, 6.07) is 8.16. The first-order valence-corrected chi connectivity index (χ1v) is 15.0. The summed E-state index contributed by atoms with van der Waals surface area (Å²) < 4.78 is 45.3. The van der Waals surface area contributed by atoms with Crippen LogP contribution in [-0.4, -0.2) is 48.9 Å². The summed E-state index contributed by atoms with van der Waals surface area (Å²) in [6.45, 7) is 6.07. The molecule has 234 valence electrons. The zero-order valence-electron chi connectivity index (χ0n) is 25.3. The highest BCUT2D eigenvalue weighted by molar-refractivity contribution is 6.10.